The highest BCUT2D eigenvalue weighted by Crippen LogP contribution is 2.47. The molecule has 0 saturated carbocycles. The number of hydrogen-bond acceptors (Lipinski definition) is 1. The van der Waals surface area contributed by atoms with E-state index in [0.29, 0.717) is 38.8 Å². The predicted octanol–water partition coefficient (Wildman–Crippen LogP) is 14.4. The van der Waals surface area contributed by atoms with Gasteiger partial charge < -0.3 is 4.42 Å². The average molecular weight is 655 g/mol. The van der Waals surface area contributed by atoms with Crippen LogP contribution in [-0.4, -0.2) is 0 Å². The van der Waals surface area contributed by atoms with Crippen LogP contribution in [0, 0.1) is 0 Å². The van der Waals surface area contributed by atoms with Crippen molar-refractivity contribution in [1.82, 2.24) is 0 Å². The topological polar surface area (TPSA) is 13.1 Å². The largest absolute Gasteiger partial charge is 0.455 e. The van der Waals surface area contributed by atoms with E-state index in [1.807, 2.05) is 84.9 Å². The molecule has 236 valence electrons. The predicted molar refractivity (Wildman–Crippen MR) is 218 cm³/mol. The molecular weight excluding hydrogens is 617 g/mol. The maximum Gasteiger partial charge on any atom is 0.143 e. The minimum absolute atomic E-state index is 0.164. The molecule has 1 aromatic heterocycles. The van der Waals surface area contributed by atoms with Gasteiger partial charge >= 0.3 is 0 Å². The minimum atomic E-state index is -0.440. The lowest BCUT2D eigenvalue weighted by atomic mass is 9.84. The normalized spacial score (nSPS) is 14.1. The molecule has 0 fully saturated rings. The molecule has 0 atom stereocenters. The molecule has 1 heterocycles. The fourth-order valence-electron chi connectivity index (χ4n) is 7.96. The second kappa shape index (κ2) is 10.9. The highest BCUT2D eigenvalue weighted by molar-refractivity contribution is 6.27. The highest BCUT2D eigenvalue weighted by atomic mass is 16.3. The number of fused-ring (bicyclic) bond motifs is 10. The Balaban J connectivity index is 1.25. The summed E-state index contributed by atoms with van der Waals surface area (Å²) in [4.78, 5) is 0. The van der Waals surface area contributed by atoms with Crippen LogP contribution in [0.4, 0.5) is 0 Å². The summed E-state index contributed by atoms with van der Waals surface area (Å²) < 4.78 is 79.9. The average Bonchev–Trinajstić information content (AvgIpc) is 3.67. The van der Waals surface area contributed by atoms with Crippen molar-refractivity contribution in [1.29, 1.82) is 0 Å². The minimum Gasteiger partial charge on any atom is -0.455 e. The van der Waals surface area contributed by atoms with Gasteiger partial charge in [-0.1, -0.05) is 164 Å². The lowest BCUT2D eigenvalue weighted by molar-refractivity contribution is 0.673. The van der Waals surface area contributed by atoms with Crippen LogP contribution in [0.1, 0.15) is 11.0 Å². The molecular formula is C50H30O. The molecule has 0 bridgehead atoms. The summed E-state index contributed by atoms with van der Waals surface area (Å²) in [6.45, 7) is 0. The lowest BCUT2D eigenvalue weighted by Crippen LogP contribution is -1.91. The maximum atomic E-state index is 9.48. The van der Waals surface area contributed by atoms with Gasteiger partial charge in [-0.15, -0.1) is 0 Å². The fraction of sp³-hybridized carbons (Fsp3) is 0. The monoisotopic (exact) mass is 654 g/mol. The van der Waals surface area contributed by atoms with Crippen molar-refractivity contribution in [3.05, 3.63) is 182 Å². The Labute approximate surface area is 305 Å². The Bertz CT molecular complexity index is 3560. The van der Waals surface area contributed by atoms with Crippen molar-refractivity contribution in [2.75, 3.05) is 0 Å². The van der Waals surface area contributed by atoms with Gasteiger partial charge in [-0.25, -0.2) is 0 Å². The first kappa shape index (κ1) is 21.4. The summed E-state index contributed by atoms with van der Waals surface area (Å²) in [6.07, 6.45) is 0. The number of rotatable bonds is 3. The highest BCUT2D eigenvalue weighted by Gasteiger charge is 2.21. The van der Waals surface area contributed by atoms with Gasteiger partial charge in [-0.3, -0.25) is 0 Å². The van der Waals surface area contributed by atoms with E-state index in [0.717, 1.165) is 48.8 Å². The van der Waals surface area contributed by atoms with Crippen molar-refractivity contribution >= 4 is 75.8 Å². The second-order valence-electron chi connectivity index (χ2n) is 13.0. The zero-order chi connectivity index (χ0) is 40.4. The maximum absolute atomic E-state index is 9.48. The Kier molecular flexibility index (Phi) is 4.57. The molecule has 11 rings (SSSR count). The number of hydrogen-bond donors (Lipinski definition) is 0. The first-order valence-corrected chi connectivity index (χ1v) is 16.9. The van der Waals surface area contributed by atoms with Gasteiger partial charge in [0, 0.05) is 16.2 Å². The van der Waals surface area contributed by atoms with Crippen LogP contribution in [0.3, 0.4) is 0 Å². The van der Waals surface area contributed by atoms with Crippen LogP contribution in [0.15, 0.2) is 186 Å². The molecule has 1 heteroatoms. The number of benzene rings is 10. The summed E-state index contributed by atoms with van der Waals surface area (Å²) in [5.74, 6) is 0. The van der Waals surface area contributed by atoms with E-state index in [9.17, 15) is 5.48 Å². The first-order valence-electron chi connectivity index (χ1n) is 20.9. The van der Waals surface area contributed by atoms with Crippen molar-refractivity contribution < 1.29 is 15.4 Å². The molecule has 0 unspecified atom stereocenters. The van der Waals surface area contributed by atoms with Crippen LogP contribution in [0.25, 0.3) is 109 Å². The van der Waals surface area contributed by atoms with Crippen molar-refractivity contribution in [2.45, 2.75) is 0 Å². The molecule has 0 aliphatic rings. The molecule has 0 saturated heterocycles. The van der Waals surface area contributed by atoms with E-state index < -0.39 is 24.2 Å². The van der Waals surface area contributed by atoms with Crippen LogP contribution in [0.2, 0.25) is 0 Å². The Morgan fingerprint density at radius 2 is 0.922 bits per heavy atom. The van der Waals surface area contributed by atoms with Gasteiger partial charge in [0.05, 0.1) is 11.0 Å². The molecule has 0 radical (unpaired) electrons. The molecule has 10 aromatic carbocycles. The van der Waals surface area contributed by atoms with Crippen molar-refractivity contribution in [2.24, 2.45) is 0 Å². The van der Waals surface area contributed by atoms with Gasteiger partial charge in [0.25, 0.3) is 0 Å². The van der Waals surface area contributed by atoms with E-state index in [1.165, 1.54) is 0 Å². The Morgan fingerprint density at radius 3 is 1.65 bits per heavy atom. The third kappa shape index (κ3) is 4.22. The standard InChI is InChI=1S/C50H30O/c1-3-12-37-32(10-1)22-23-34-24-27-36(30-45(34)37)31-20-25-35(26-21-31)47-39-14-5-7-16-41(39)48(42-17-8-6-15-40(42)47)43-18-9-19-46-49(43)44-29-28-33-11-2-4-13-38(33)50(44)51-46/h1-30H/i5D,6D,7D,8D,14D,15D,16D,17D. The summed E-state index contributed by atoms with van der Waals surface area (Å²) in [6, 6.07) is 40.9. The summed E-state index contributed by atoms with van der Waals surface area (Å²) in [5, 5.41) is 8.56. The number of furan rings is 1. The molecule has 0 aliphatic carbocycles. The quantitative estimate of drug-likeness (QED) is 0.136. The zero-order valence-corrected chi connectivity index (χ0v) is 27.1. The Hall–Kier alpha value is -6.70. The summed E-state index contributed by atoms with van der Waals surface area (Å²) in [5.41, 5.74) is 4.79. The Morgan fingerprint density at radius 1 is 0.373 bits per heavy atom. The van der Waals surface area contributed by atoms with Crippen LogP contribution < -0.4 is 0 Å². The van der Waals surface area contributed by atoms with Crippen LogP contribution in [0.5, 0.6) is 0 Å². The molecule has 0 amide bonds. The SMILES string of the molecule is [2H]c1c([2H])c([2H])c2c(-c3cccc4oc5c6ccccc6ccc5c34)c3c([2H])c([2H])c([2H])c([2H])c3c(-c3ccc(-c4ccc5ccc6ccccc6c5c4)cc3)c2c1[2H]. The molecule has 11 aromatic rings. The molecule has 51 heavy (non-hydrogen) atoms. The molecule has 0 spiro atoms. The summed E-state index contributed by atoms with van der Waals surface area (Å²) in [7, 11) is 0. The molecule has 0 aliphatic heterocycles. The van der Waals surface area contributed by atoms with Gasteiger partial charge in [0.15, 0.2) is 0 Å². The van der Waals surface area contributed by atoms with Crippen molar-refractivity contribution in [3.8, 4) is 33.4 Å². The van der Waals surface area contributed by atoms with E-state index in [-0.39, 0.29) is 45.7 Å². The van der Waals surface area contributed by atoms with Gasteiger partial charge in [-0.05, 0) is 100 Å². The van der Waals surface area contributed by atoms with E-state index >= 15 is 0 Å². The molecule has 0 N–H and O–H groups in total. The van der Waals surface area contributed by atoms with Crippen LogP contribution in [-0.2, 0) is 0 Å². The van der Waals surface area contributed by atoms with E-state index in [1.54, 1.807) is 6.07 Å². The van der Waals surface area contributed by atoms with E-state index in [2.05, 4.69) is 42.5 Å². The van der Waals surface area contributed by atoms with Gasteiger partial charge in [0.2, 0.25) is 0 Å². The van der Waals surface area contributed by atoms with E-state index in [4.69, 9.17) is 9.90 Å². The first-order chi connectivity index (χ1) is 28.6. The summed E-state index contributed by atoms with van der Waals surface area (Å²) >= 11 is 0. The van der Waals surface area contributed by atoms with Crippen molar-refractivity contribution in [3.63, 3.8) is 0 Å². The van der Waals surface area contributed by atoms with Crippen LogP contribution >= 0.6 is 0 Å². The van der Waals surface area contributed by atoms with Gasteiger partial charge in [-0.2, -0.15) is 0 Å². The lowest BCUT2D eigenvalue weighted by Gasteiger charge is -2.18. The smallest absolute Gasteiger partial charge is 0.143 e. The third-order valence-electron chi connectivity index (χ3n) is 10.3. The third-order valence-corrected chi connectivity index (χ3v) is 10.3. The fourth-order valence-corrected chi connectivity index (χ4v) is 7.96. The zero-order valence-electron chi connectivity index (χ0n) is 35.1. The molecule has 1 nitrogen and oxygen atoms in total. The second-order valence-corrected chi connectivity index (χ2v) is 13.0. The van der Waals surface area contributed by atoms with Gasteiger partial charge in [0.1, 0.15) is 11.2 Å².